The smallest absolute Gasteiger partial charge is 0.471 e. The van der Waals surface area contributed by atoms with Crippen molar-refractivity contribution in [3.8, 4) is 22.9 Å². The quantitative estimate of drug-likeness (QED) is 0.0537. The van der Waals surface area contributed by atoms with E-state index < -0.39 is 167 Å². The Bertz CT molecular complexity index is 6730. The first kappa shape index (κ1) is 108. The zero-order chi connectivity index (χ0) is 102. The number of benzene rings is 4. The van der Waals surface area contributed by atoms with Gasteiger partial charge in [-0.1, -0.05) is 49.8 Å². The number of carbonyl (C=O) groups excluding carboxylic acids is 4. The van der Waals surface area contributed by atoms with Crippen molar-refractivity contribution in [2.75, 3.05) is 77.4 Å². The summed E-state index contributed by atoms with van der Waals surface area (Å²) < 4.78 is 346. The number of likely N-dealkylation sites (tertiary alicyclic amines) is 4. The van der Waals surface area contributed by atoms with Crippen LogP contribution in [0.3, 0.4) is 0 Å². The van der Waals surface area contributed by atoms with E-state index in [1.54, 1.807) is 44.4 Å². The van der Waals surface area contributed by atoms with Crippen LogP contribution in [0.1, 0.15) is 223 Å². The Morgan fingerprint density at radius 2 is 0.782 bits per heavy atom. The lowest BCUT2D eigenvalue weighted by Crippen LogP contribution is -2.35. The highest BCUT2D eigenvalue weighted by molar-refractivity contribution is 7.91. The molecule has 9 unspecified atom stereocenters. The average molecular weight is 2100 g/mol. The summed E-state index contributed by atoms with van der Waals surface area (Å²) in [7, 11) is -14.6. The van der Waals surface area contributed by atoms with Crippen LogP contribution in [0.5, 0.6) is 17.2 Å². The minimum absolute atomic E-state index is 0. The molecule has 5 aromatic heterocycles. The van der Waals surface area contributed by atoms with Crippen LogP contribution in [-0.2, 0) is 90.1 Å². The van der Waals surface area contributed by atoms with Gasteiger partial charge in [0, 0.05) is 103 Å². The number of hydrogen-bond acceptors (Lipinski definition) is 28. The number of aromatic nitrogens is 10. The minimum Gasteiger partial charge on any atom is -0.490 e. The second-order valence-electron chi connectivity index (χ2n) is 38.4. The molecule has 0 radical (unpaired) electrons. The van der Waals surface area contributed by atoms with Gasteiger partial charge in [0.2, 0.25) is 11.8 Å². The molecule has 142 heavy (non-hydrogen) atoms. The molecule has 6 saturated carbocycles. The van der Waals surface area contributed by atoms with Crippen LogP contribution in [0.2, 0.25) is 0 Å². The Kier molecular flexibility index (Phi) is 27.2. The van der Waals surface area contributed by atoms with Crippen molar-refractivity contribution in [1.29, 1.82) is 0 Å². The second kappa shape index (κ2) is 35.8. The molecular formula is C89H100F16N14O19S4. The van der Waals surface area contributed by atoms with Gasteiger partial charge >= 0.3 is 36.5 Å². The van der Waals surface area contributed by atoms with Crippen molar-refractivity contribution in [3.63, 3.8) is 0 Å². The van der Waals surface area contributed by atoms with Crippen molar-refractivity contribution in [3.05, 3.63) is 160 Å². The van der Waals surface area contributed by atoms with Crippen LogP contribution in [0.15, 0.2) is 123 Å². The topological polar surface area (TPSA) is 419 Å². The first-order chi connectivity index (χ1) is 64.0. The number of hydrogen-bond donors (Lipinski definition) is 0. The van der Waals surface area contributed by atoms with E-state index in [0.29, 0.717) is 52.6 Å². The van der Waals surface area contributed by atoms with Gasteiger partial charge in [0.1, 0.15) is 33.8 Å². The van der Waals surface area contributed by atoms with E-state index in [9.17, 15) is 123 Å². The summed E-state index contributed by atoms with van der Waals surface area (Å²) in [5, 5.41) is 18.3. The van der Waals surface area contributed by atoms with Gasteiger partial charge in [0.05, 0.1) is 81.4 Å². The summed E-state index contributed by atoms with van der Waals surface area (Å²) in [6.07, 6.45) is -13.5. The van der Waals surface area contributed by atoms with Gasteiger partial charge < -0.3 is 51.9 Å². The number of nitrogens with zero attached hydrogens (tertiary/aromatic N) is 14. The summed E-state index contributed by atoms with van der Waals surface area (Å²) in [4.78, 5) is 74.4. The first-order valence-corrected chi connectivity index (χ1v) is 50.6. The van der Waals surface area contributed by atoms with Gasteiger partial charge in [-0.3, -0.25) is 19.2 Å². The van der Waals surface area contributed by atoms with Crippen LogP contribution >= 0.6 is 0 Å². The van der Waals surface area contributed by atoms with Crippen LogP contribution in [-0.4, -0.2) is 241 Å². The Labute approximate surface area is 803 Å². The van der Waals surface area contributed by atoms with E-state index in [-0.39, 0.29) is 211 Å². The first-order valence-electron chi connectivity index (χ1n) is 43.0. The molecule has 33 nitrogen and oxygen atoms in total. The van der Waals surface area contributed by atoms with Crippen molar-refractivity contribution >= 4 is 63.0 Å². The monoisotopic (exact) mass is 2100 g/mol. The third kappa shape index (κ3) is 20.1. The molecule has 0 spiro atoms. The molecule has 0 bridgehead atoms. The van der Waals surface area contributed by atoms with Gasteiger partial charge in [-0.2, -0.15) is 86.5 Å². The Hall–Kier alpha value is -11.4. The van der Waals surface area contributed by atoms with Crippen LogP contribution in [0.25, 0.3) is 5.69 Å². The van der Waals surface area contributed by atoms with Gasteiger partial charge in [0.25, 0.3) is 35.5 Å². The summed E-state index contributed by atoms with van der Waals surface area (Å²) in [6.45, 7) is 12.6. The lowest BCUT2D eigenvalue weighted by atomic mass is 9.98. The highest BCUT2D eigenvalue weighted by atomic mass is 32.2. The maximum atomic E-state index is 13.7. The Balaban J connectivity index is 0.000000158. The van der Waals surface area contributed by atoms with Crippen LogP contribution in [0, 0.1) is 23.2 Å². The number of carbonyl (C=O) groups is 4. The van der Waals surface area contributed by atoms with E-state index >= 15 is 0 Å². The lowest BCUT2D eigenvalue weighted by molar-refractivity contribution is -0.166. The average Bonchev–Trinajstić information content (AvgIpc) is 1.51. The third-order valence-electron chi connectivity index (χ3n) is 27.1. The molecule has 19 rings (SSSR count). The molecular weight excluding hydrogens is 2000 g/mol. The maximum Gasteiger partial charge on any atom is 0.471 e. The summed E-state index contributed by atoms with van der Waals surface area (Å²) >= 11 is 0. The van der Waals surface area contributed by atoms with Crippen LogP contribution < -0.4 is 14.2 Å². The second-order valence-corrected chi connectivity index (χ2v) is 46.4. The number of halogens is 16. The molecule has 53 heteroatoms. The molecule has 4 aliphatic heterocycles. The molecule has 9 atom stereocenters. The minimum atomic E-state index is -4.82. The zero-order valence-electron chi connectivity index (χ0n) is 75.6. The van der Waals surface area contributed by atoms with Gasteiger partial charge in [-0.15, -0.1) is 0 Å². The van der Waals surface area contributed by atoms with Gasteiger partial charge in [-0.05, 0) is 183 Å². The molecule has 776 valence electrons. The number of amides is 4. The molecule has 9 heterocycles. The zero-order valence-corrected chi connectivity index (χ0v) is 78.8. The molecule has 9 aromatic rings. The lowest BCUT2D eigenvalue weighted by Gasteiger charge is -2.25. The van der Waals surface area contributed by atoms with Gasteiger partial charge in [0.15, 0.2) is 68.8 Å². The highest BCUT2D eigenvalue weighted by Crippen LogP contribution is 2.69. The molecule has 10 aliphatic rings. The predicted octanol–water partition coefficient (Wildman–Crippen LogP) is 15.4. The van der Waals surface area contributed by atoms with Crippen molar-refractivity contribution in [2.45, 2.75) is 236 Å². The molecule has 10 fully saturated rings. The molecule has 6 aliphatic carbocycles. The van der Waals surface area contributed by atoms with E-state index in [2.05, 4.69) is 54.7 Å². The third-order valence-corrected chi connectivity index (χ3v) is 31.6. The number of alkyl halides is 16. The number of sulfone groups is 4. The molecule has 4 amide bonds. The summed E-state index contributed by atoms with van der Waals surface area (Å²) in [5.74, 6) is -12.3. The van der Waals surface area contributed by atoms with E-state index in [1.165, 1.54) is 64.5 Å². The Morgan fingerprint density at radius 3 is 1.18 bits per heavy atom. The van der Waals surface area contributed by atoms with Crippen molar-refractivity contribution in [1.82, 2.24) is 69.9 Å². The van der Waals surface area contributed by atoms with Crippen molar-refractivity contribution < 1.29 is 155 Å². The normalized spacial score (nSPS) is 24.0. The fraction of sp³-hybridized carbons (Fsp3) is 0.562. The number of ether oxygens (including phenoxy) is 3. The molecule has 0 N–H and O–H groups in total. The summed E-state index contributed by atoms with van der Waals surface area (Å²) in [6, 6.07) is 16.4. The van der Waals surface area contributed by atoms with E-state index in [1.807, 2.05) is 0 Å². The number of fused-ring (bicyclic) bond motifs is 4. The fourth-order valence-electron chi connectivity index (χ4n) is 18.5. The van der Waals surface area contributed by atoms with E-state index in [0.717, 1.165) is 67.0 Å². The molecule has 4 aromatic carbocycles. The fourth-order valence-corrected chi connectivity index (χ4v) is 21.1. The SMILES string of the molecule is C.C.C.CC(C)Oc1ccc(S(C)(=O)=O)cc1C(=O)N1CC2CC2(c2nc(C3(C(F)(F)F)CC3)no2)C1.CC(C)Oc1ccc(S(C)(=O)=O)cc1C(=O)N1CC2CC2(c2noc(C3(C(F)(F)F)CC3)n2)C1.CC(F)(F)c1ccn(-c2ccc(S(C)(=O)=O)cc2C(=O)N2CC3CC3(c3noc(C(F)(F)F)n3)C2)n1.CC(Oc1ccc(S(C)(=O)=O)cc1C(=O)N1CC2(C)CC2(c2noc(C(F)(F)F)n2)C1)C(C)(F)F. The molecule has 4 saturated heterocycles. The number of rotatable bonds is 23. The van der Waals surface area contributed by atoms with Gasteiger partial charge in [-0.25, -0.2) is 47.1 Å². The number of piperidine rings is 4. The Morgan fingerprint density at radius 1 is 0.423 bits per heavy atom. The van der Waals surface area contributed by atoms with E-state index in [4.69, 9.17) is 23.3 Å². The maximum absolute atomic E-state index is 13.7. The van der Waals surface area contributed by atoms with Crippen molar-refractivity contribution in [2.24, 2.45) is 23.2 Å². The predicted molar refractivity (Wildman–Crippen MR) is 466 cm³/mol. The standard InChI is InChI=1S/2C22H24F3N3O5S.C21H18F5N5O4S.C21H22F5N3O5S.3CH4/c1-12(2)32-16-5-4-14(34(3,30)31)8-15(16)17(29)28-10-13-9-20(13,11-28)19-26-18(27-33-19)21(6-7-21)22(23,24)25;1-12(2)32-16-5-4-14(34(3,30)31)8-15(16)17(29)28-10-13-9-20(13,11-28)18-26-19(33-27-18)21(6-7-21)22(23,24)25;1-19(22,23)15-5-6-31(28-15)14-4-3-12(36(2,33)34)7-13(14)16(32)30-9-11-8-20(11,10-30)17-27-18(35-29-17)21(24,25)26;1-11(19(3,22)23)33-14-6-5-12(35(4,31)32)7-13(14)15(30)29-9-18(2)8-20(18,10-29)16-27-17(34-28-16)21(24,25)26;;;/h2*4-5,8,12-13H,6-7,9-11H2,1-3H3;3-7,11H,8-10H2,1-2H3;5-7,11H,8-10H2,1-4H3;3*1H4. The summed E-state index contributed by atoms with van der Waals surface area (Å²) in [5.41, 5.74) is -8.54. The highest BCUT2D eigenvalue weighted by Gasteiger charge is 2.75. The largest absolute Gasteiger partial charge is 0.490 e. The van der Waals surface area contributed by atoms with Crippen LogP contribution in [0.4, 0.5) is 70.2 Å².